The Morgan fingerprint density at radius 3 is 2.76 bits per heavy atom. The first-order valence-electron chi connectivity index (χ1n) is 4.68. The highest BCUT2D eigenvalue weighted by molar-refractivity contribution is 9.10. The van der Waals surface area contributed by atoms with Gasteiger partial charge in [-0.3, -0.25) is 4.79 Å². The van der Waals surface area contributed by atoms with Crippen molar-refractivity contribution < 1.29 is 19.4 Å². The monoisotopic (exact) mass is 302 g/mol. The lowest BCUT2D eigenvalue weighted by atomic mass is 10.2. The number of methoxy groups -OCH3 is 1. The van der Waals surface area contributed by atoms with Crippen LogP contribution < -0.4 is 5.32 Å². The number of rotatable bonds is 5. The lowest BCUT2D eigenvalue weighted by Gasteiger charge is -2.13. The first-order chi connectivity index (χ1) is 8.04. The first kappa shape index (κ1) is 13.6. The maximum atomic E-state index is 11.7. The fourth-order valence-corrected chi connectivity index (χ4v) is 1.33. The molecule has 1 aromatic heterocycles. The van der Waals surface area contributed by atoms with Gasteiger partial charge in [-0.2, -0.15) is 0 Å². The fourth-order valence-electron chi connectivity index (χ4n) is 1.09. The molecule has 0 saturated heterocycles. The van der Waals surface area contributed by atoms with Crippen molar-refractivity contribution in [2.24, 2.45) is 0 Å². The van der Waals surface area contributed by atoms with Crippen LogP contribution >= 0.6 is 15.9 Å². The molecule has 2 N–H and O–H groups in total. The summed E-state index contributed by atoms with van der Waals surface area (Å²) < 4.78 is 5.30. The Hall–Kier alpha value is -1.47. The Balaban J connectivity index is 2.70. The SMILES string of the molecule is COCC(NC(=O)c1ccc(Br)nc1)C(=O)O. The minimum atomic E-state index is -1.15. The Bertz CT molecular complexity index is 407. The number of nitrogens with zero attached hydrogens (tertiary/aromatic N) is 1. The lowest BCUT2D eigenvalue weighted by molar-refractivity contribution is -0.140. The van der Waals surface area contributed by atoms with Crippen LogP contribution in [0.4, 0.5) is 0 Å². The van der Waals surface area contributed by atoms with E-state index in [1.54, 1.807) is 6.07 Å². The van der Waals surface area contributed by atoms with Crippen molar-refractivity contribution in [3.05, 3.63) is 28.5 Å². The summed E-state index contributed by atoms with van der Waals surface area (Å²) >= 11 is 3.14. The van der Waals surface area contributed by atoms with Crippen molar-refractivity contribution >= 4 is 27.8 Å². The van der Waals surface area contributed by atoms with E-state index in [0.29, 0.717) is 4.60 Å². The molecule has 1 heterocycles. The van der Waals surface area contributed by atoms with Gasteiger partial charge < -0.3 is 15.2 Å². The molecule has 0 aromatic carbocycles. The van der Waals surface area contributed by atoms with Gasteiger partial charge in [0, 0.05) is 13.3 Å². The third-order valence-corrected chi connectivity index (χ3v) is 2.40. The van der Waals surface area contributed by atoms with Crippen molar-refractivity contribution in [2.75, 3.05) is 13.7 Å². The predicted octanol–water partition coefficient (Wildman–Crippen LogP) is 0.673. The molecule has 0 aliphatic heterocycles. The number of amides is 1. The molecule has 0 fully saturated rings. The van der Waals surface area contributed by atoms with Gasteiger partial charge in [-0.1, -0.05) is 0 Å². The highest BCUT2D eigenvalue weighted by Crippen LogP contribution is 2.06. The van der Waals surface area contributed by atoms with Gasteiger partial charge in [0.15, 0.2) is 6.04 Å². The maximum absolute atomic E-state index is 11.7. The number of carboxylic acid groups (broad SMARTS) is 1. The maximum Gasteiger partial charge on any atom is 0.328 e. The molecule has 6 nitrogen and oxygen atoms in total. The van der Waals surface area contributed by atoms with Crippen LogP contribution in [0.25, 0.3) is 0 Å². The van der Waals surface area contributed by atoms with E-state index >= 15 is 0 Å². The molecule has 1 unspecified atom stereocenters. The van der Waals surface area contributed by atoms with E-state index < -0.39 is 17.9 Å². The van der Waals surface area contributed by atoms with Crippen molar-refractivity contribution in [3.63, 3.8) is 0 Å². The lowest BCUT2D eigenvalue weighted by Crippen LogP contribution is -2.43. The summed E-state index contributed by atoms with van der Waals surface area (Å²) in [6, 6.07) is 2.07. The van der Waals surface area contributed by atoms with Crippen molar-refractivity contribution in [1.29, 1.82) is 0 Å². The number of nitrogens with one attached hydrogen (secondary N) is 1. The molecular formula is C10H11BrN2O4. The molecule has 0 spiro atoms. The smallest absolute Gasteiger partial charge is 0.328 e. The minimum Gasteiger partial charge on any atom is -0.480 e. The zero-order chi connectivity index (χ0) is 12.8. The summed E-state index contributed by atoms with van der Waals surface area (Å²) in [4.78, 5) is 26.3. The summed E-state index contributed by atoms with van der Waals surface area (Å²) in [5.41, 5.74) is 0.288. The van der Waals surface area contributed by atoms with Gasteiger partial charge in [-0.25, -0.2) is 9.78 Å². The molecule has 0 bridgehead atoms. The van der Waals surface area contributed by atoms with E-state index in [0.717, 1.165) is 0 Å². The van der Waals surface area contributed by atoms with Crippen LogP contribution in [0.3, 0.4) is 0 Å². The largest absolute Gasteiger partial charge is 0.480 e. The summed E-state index contributed by atoms with van der Waals surface area (Å²) in [5.74, 6) is -1.65. The third-order valence-electron chi connectivity index (χ3n) is 1.93. The standard InChI is InChI=1S/C10H11BrN2O4/c1-17-5-7(10(15)16)13-9(14)6-2-3-8(11)12-4-6/h2-4,7H,5H2,1H3,(H,13,14)(H,15,16). The van der Waals surface area contributed by atoms with Gasteiger partial charge in [-0.15, -0.1) is 0 Å². The molecule has 1 atom stereocenters. The van der Waals surface area contributed by atoms with Gasteiger partial charge in [0.25, 0.3) is 5.91 Å². The van der Waals surface area contributed by atoms with Gasteiger partial charge in [-0.05, 0) is 28.1 Å². The summed E-state index contributed by atoms with van der Waals surface area (Å²) in [5, 5.41) is 11.2. The highest BCUT2D eigenvalue weighted by Gasteiger charge is 2.20. The zero-order valence-electron chi connectivity index (χ0n) is 9.01. The molecule has 92 valence electrons. The van der Waals surface area contributed by atoms with E-state index in [4.69, 9.17) is 9.84 Å². The zero-order valence-corrected chi connectivity index (χ0v) is 10.6. The molecule has 17 heavy (non-hydrogen) atoms. The first-order valence-corrected chi connectivity index (χ1v) is 5.48. The number of ether oxygens (including phenoxy) is 1. The second-order valence-corrected chi connectivity index (χ2v) is 4.00. The Morgan fingerprint density at radius 1 is 1.59 bits per heavy atom. The summed E-state index contributed by atoms with van der Waals surface area (Å²) in [6.07, 6.45) is 1.35. The third kappa shape index (κ3) is 4.12. The number of carbonyl (C=O) groups excluding carboxylic acids is 1. The quantitative estimate of drug-likeness (QED) is 0.781. The number of carbonyl (C=O) groups is 2. The molecule has 0 aliphatic carbocycles. The van der Waals surface area contributed by atoms with E-state index in [2.05, 4.69) is 26.2 Å². The predicted molar refractivity (Wildman–Crippen MR) is 62.7 cm³/mol. The second kappa shape index (κ2) is 6.31. The molecule has 0 radical (unpaired) electrons. The molecule has 0 aliphatic rings. The van der Waals surface area contributed by atoms with Crippen molar-refractivity contribution in [1.82, 2.24) is 10.3 Å². The van der Waals surface area contributed by atoms with Gasteiger partial charge in [0.2, 0.25) is 0 Å². The summed E-state index contributed by atoms with van der Waals surface area (Å²) in [7, 11) is 1.36. The number of pyridine rings is 1. The van der Waals surface area contributed by atoms with Gasteiger partial charge >= 0.3 is 5.97 Å². The van der Waals surface area contributed by atoms with Gasteiger partial charge in [0.05, 0.1) is 12.2 Å². The minimum absolute atomic E-state index is 0.0922. The molecule has 7 heteroatoms. The number of aliphatic carboxylic acids is 1. The number of hydrogen-bond donors (Lipinski definition) is 2. The van der Waals surface area contributed by atoms with Crippen molar-refractivity contribution in [3.8, 4) is 0 Å². The highest BCUT2D eigenvalue weighted by atomic mass is 79.9. The number of halogens is 1. The topological polar surface area (TPSA) is 88.5 Å². The van der Waals surface area contributed by atoms with E-state index in [1.165, 1.54) is 19.4 Å². The van der Waals surface area contributed by atoms with E-state index in [-0.39, 0.29) is 12.2 Å². The normalized spacial score (nSPS) is 11.9. The summed E-state index contributed by atoms with van der Waals surface area (Å²) in [6.45, 7) is -0.0922. The Labute approximate surface area is 106 Å². The number of carboxylic acids is 1. The second-order valence-electron chi connectivity index (χ2n) is 3.19. The molecule has 0 saturated carbocycles. The van der Waals surface area contributed by atoms with Crippen LogP contribution in [0.5, 0.6) is 0 Å². The average Bonchev–Trinajstić information content (AvgIpc) is 2.29. The average molecular weight is 303 g/mol. The molecular weight excluding hydrogens is 292 g/mol. The Morgan fingerprint density at radius 2 is 2.29 bits per heavy atom. The fraction of sp³-hybridized carbons (Fsp3) is 0.300. The van der Waals surface area contributed by atoms with E-state index in [1.807, 2.05) is 0 Å². The van der Waals surface area contributed by atoms with Crippen LogP contribution in [-0.2, 0) is 9.53 Å². The van der Waals surface area contributed by atoms with Crippen molar-refractivity contribution in [2.45, 2.75) is 6.04 Å². The van der Waals surface area contributed by atoms with Crippen LogP contribution in [0.15, 0.2) is 22.9 Å². The number of aromatic nitrogens is 1. The van der Waals surface area contributed by atoms with Crippen LogP contribution in [-0.4, -0.2) is 41.7 Å². The molecule has 1 rings (SSSR count). The molecule has 1 amide bonds. The van der Waals surface area contributed by atoms with Crippen LogP contribution in [0.2, 0.25) is 0 Å². The van der Waals surface area contributed by atoms with E-state index in [9.17, 15) is 9.59 Å². The van der Waals surface area contributed by atoms with Crippen LogP contribution in [0.1, 0.15) is 10.4 Å². The van der Waals surface area contributed by atoms with Crippen LogP contribution in [0, 0.1) is 0 Å². The number of hydrogen-bond acceptors (Lipinski definition) is 4. The molecule has 1 aromatic rings. The van der Waals surface area contributed by atoms with Gasteiger partial charge in [0.1, 0.15) is 4.60 Å². The Kier molecular flexibility index (Phi) is 5.05.